The van der Waals surface area contributed by atoms with Crippen LogP contribution in [0.4, 0.5) is 0 Å². The number of carbonyl (C=O) groups is 1. The van der Waals surface area contributed by atoms with Crippen molar-refractivity contribution in [2.45, 2.75) is 71.6 Å². The minimum absolute atomic E-state index is 0.0887. The molecule has 3 rings (SSSR count). The maximum Gasteiger partial charge on any atom is 0.210 e. The van der Waals surface area contributed by atoms with E-state index in [0.29, 0.717) is 12.3 Å². The average molecular weight is 313 g/mol. The summed E-state index contributed by atoms with van der Waals surface area (Å²) in [5.41, 5.74) is 6.84. The molecule has 0 aromatic carbocycles. The summed E-state index contributed by atoms with van der Waals surface area (Å²) < 4.78 is 5.36. The average Bonchev–Trinajstić information content (AvgIpc) is 2.58. The highest BCUT2D eigenvalue weighted by molar-refractivity contribution is 6.09. The third-order valence-electron chi connectivity index (χ3n) is 5.02. The van der Waals surface area contributed by atoms with Gasteiger partial charge in [0.15, 0.2) is 0 Å². The number of nitrogens with zero attached hydrogens (tertiary/aromatic N) is 1. The molecule has 23 heavy (non-hydrogen) atoms. The first-order chi connectivity index (χ1) is 11.3. The van der Waals surface area contributed by atoms with Crippen LogP contribution in [0.25, 0.3) is 0 Å². The number of aryl methyl sites for hydroxylation is 1. The number of carbonyl (C=O) groups excluding carboxylic acids is 1. The van der Waals surface area contributed by atoms with Crippen molar-refractivity contribution < 1.29 is 9.53 Å². The quantitative estimate of drug-likeness (QED) is 0.599. The summed E-state index contributed by atoms with van der Waals surface area (Å²) in [6, 6.07) is 0. The maximum absolute atomic E-state index is 12.8. The highest BCUT2D eigenvalue weighted by Crippen LogP contribution is 2.34. The number of aromatic nitrogens is 1. The Morgan fingerprint density at radius 2 is 1.91 bits per heavy atom. The van der Waals surface area contributed by atoms with E-state index in [1.165, 1.54) is 48.1 Å². The van der Waals surface area contributed by atoms with E-state index in [1.54, 1.807) is 6.26 Å². The van der Waals surface area contributed by atoms with Crippen LogP contribution in [0.2, 0.25) is 0 Å². The lowest BCUT2D eigenvalue weighted by atomic mass is 9.81. The lowest BCUT2D eigenvalue weighted by molar-refractivity contribution is 0.101. The molecule has 1 aromatic heterocycles. The molecule has 0 radical (unpaired) electrons. The van der Waals surface area contributed by atoms with Gasteiger partial charge < -0.3 is 4.74 Å². The molecule has 0 amide bonds. The number of unbranched alkanes of at least 4 members (excludes halogenated alkanes) is 1. The van der Waals surface area contributed by atoms with Crippen LogP contribution in [-0.4, -0.2) is 17.4 Å². The molecule has 0 N–H and O–H groups in total. The van der Waals surface area contributed by atoms with Crippen LogP contribution >= 0.6 is 0 Å². The molecule has 0 aliphatic heterocycles. The highest BCUT2D eigenvalue weighted by Gasteiger charge is 2.29. The van der Waals surface area contributed by atoms with Crippen molar-refractivity contribution in [1.82, 2.24) is 4.98 Å². The molecule has 0 saturated heterocycles. The minimum Gasteiger partial charge on any atom is -0.501 e. The number of hydrogen-bond donors (Lipinski definition) is 0. The van der Waals surface area contributed by atoms with Gasteiger partial charge in [0.2, 0.25) is 5.78 Å². The fourth-order valence-corrected chi connectivity index (χ4v) is 3.80. The fraction of sp³-hybridized carbons (Fsp3) is 0.600. The summed E-state index contributed by atoms with van der Waals surface area (Å²) in [6.07, 6.45) is 11.5. The topological polar surface area (TPSA) is 39.2 Å². The molecule has 1 heterocycles. The van der Waals surface area contributed by atoms with Crippen molar-refractivity contribution >= 4 is 5.78 Å². The SMILES string of the molecule is CCCCc1c2c(nc3c1CC/C(=C\OCC)C3=O)CCCC2. The van der Waals surface area contributed by atoms with Gasteiger partial charge >= 0.3 is 0 Å². The number of pyridine rings is 1. The van der Waals surface area contributed by atoms with Gasteiger partial charge in [-0.25, -0.2) is 4.98 Å². The van der Waals surface area contributed by atoms with Crippen LogP contribution in [0, 0.1) is 0 Å². The van der Waals surface area contributed by atoms with Crippen molar-refractivity contribution in [3.63, 3.8) is 0 Å². The largest absolute Gasteiger partial charge is 0.501 e. The summed E-state index contributed by atoms with van der Waals surface area (Å²) >= 11 is 0. The van der Waals surface area contributed by atoms with E-state index in [0.717, 1.165) is 37.7 Å². The zero-order valence-corrected chi connectivity index (χ0v) is 14.4. The van der Waals surface area contributed by atoms with Crippen LogP contribution in [0.3, 0.4) is 0 Å². The van der Waals surface area contributed by atoms with Gasteiger partial charge in [-0.3, -0.25) is 4.79 Å². The monoisotopic (exact) mass is 313 g/mol. The molecule has 0 spiro atoms. The van der Waals surface area contributed by atoms with Crippen LogP contribution < -0.4 is 0 Å². The first kappa shape index (κ1) is 16.2. The van der Waals surface area contributed by atoms with E-state index in [-0.39, 0.29) is 5.78 Å². The van der Waals surface area contributed by atoms with E-state index in [4.69, 9.17) is 9.72 Å². The number of hydrogen-bond acceptors (Lipinski definition) is 3. The molecule has 3 nitrogen and oxygen atoms in total. The van der Waals surface area contributed by atoms with E-state index >= 15 is 0 Å². The van der Waals surface area contributed by atoms with Gasteiger partial charge in [0.25, 0.3) is 0 Å². The molecular formula is C20H27NO2. The predicted octanol–water partition coefficient (Wildman–Crippen LogP) is 4.35. The van der Waals surface area contributed by atoms with Gasteiger partial charge in [0.1, 0.15) is 5.69 Å². The third kappa shape index (κ3) is 3.19. The molecule has 0 unspecified atom stereocenters. The second-order valence-electron chi connectivity index (χ2n) is 6.58. The zero-order chi connectivity index (χ0) is 16.2. The fourth-order valence-electron chi connectivity index (χ4n) is 3.80. The second-order valence-corrected chi connectivity index (χ2v) is 6.58. The van der Waals surface area contributed by atoms with Crippen LogP contribution in [0.5, 0.6) is 0 Å². The number of Topliss-reactive ketones (excluding diaryl/α,β-unsaturated/α-hetero) is 1. The van der Waals surface area contributed by atoms with Gasteiger partial charge in [0, 0.05) is 11.3 Å². The molecule has 0 saturated carbocycles. The Hall–Kier alpha value is -1.64. The van der Waals surface area contributed by atoms with Crippen LogP contribution in [0.15, 0.2) is 11.8 Å². The summed E-state index contributed by atoms with van der Waals surface area (Å²) in [5, 5.41) is 0. The summed E-state index contributed by atoms with van der Waals surface area (Å²) in [5.74, 6) is 0.0887. The molecule has 2 aliphatic carbocycles. The molecule has 2 aliphatic rings. The molecule has 124 valence electrons. The number of ketones is 1. The highest BCUT2D eigenvalue weighted by atomic mass is 16.5. The minimum atomic E-state index is 0.0887. The van der Waals surface area contributed by atoms with Gasteiger partial charge in [-0.1, -0.05) is 13.3 Å². The molecule has 3 heteroatoms. The predicted molar refractivity (Wildman–Crippen MR) is 91.9 cm³/mol. The van der Waals surface area contributed by atoms with Crippen molar-refractivity contribution in [3.05, 3.63) is 39.9 Å². The van der Waals surface area contributed by atoms with Crippen molar-refractivity contribution in [2.24, 2.45) is 0 Å². The van der Waals surface area contributed by atoms with Gasteiger partial charge in [-0.2, -0.15) is 0 Å². The number of ether oxygens (including phenoxy) is 1. The first-order valence-electron chi connectivity index (χ1n) is 9.15. The Kier molecular flexibility index (Phi) is 5.14. The maximum atomic E-state index is 12.8. The van der Waals surface area contributed by atoms with E-state index in [9.17, 15) is 4.79 Å². The number of fused-ring (bicyclic) bond motifs is 2. The lowest BCUT2D eigenvalue weighted by Gasteiger charge is -2.26. The Balaban J connectivity index is 2.04. The lowest BCUT2D eigenvalue weighted by Crippen LogP contribution is -2.23. The summed E-state index contributed by atoms with van der Waals surface area (Å²) in [7, 11) is 0. The normalized spacial score (nSPS) is 18.7. The first-order valence-corrected chi connectivity index (χ1v) is 9.15. The van der Waals surface area contributed by atoms with Gasteiger partial charge in [-0.15, -0.1) is 0 Å². The Labute approximate surface area is 139 Å². The van der Waals surface area contributed by atoms with Crippen molar-refractivity contribution in [1.29, 1.82) is 0 Å². The zero-order valence-electron chi connectivity index (χ0n) is 14.4. The Bertz CT molecular complexity index is 631. The summed E-state index contributed by atoms with van der Waals surface area (Å²) in [6.45, 7) is 4.77. The number of allylic oxidation sites excluding steroid dienone is 1. The molecular weight excluding hydrogens is 286 g/mol. The van der Waals surface area contributed by atoms with Gasteiger partial charge in [-0.05, 0) is 75.0 Å². The third-order valence-corrected chi connectivity index (χ3v) is 5.02. The van der Waals surface area contributed by atoms with E-state index < -0.39 is 0 Å². The van der Waals surface area contributed by atoms with Crippen molar-refractivity contribution in [2.75, 3.05) is 6.61 Å². The molecule has 1 aromatic rings. The van der Waals surface area contributed by atoms with Crippen LogP contribution in [0.1, 0.15) is 78.8 Å². The Morgan fingerprint density at radius 1 is 1.09 bits per heavy atom. The second kappa shape index (κ2) is 7.29. The van der Waals surface area contributed by atoms with E-state index in [1.807, 2.05) is 6.92 Å². The molecule has 0 atom stereocenters. The Morgan fingerprint density at radius 3 is 2.70 bits per heavy atom. The summed E-state index contributed by atoms with van der Waals surface area (Å²) in [4.78, 5) is 17.6. The van der Waals surface area contributed by atoms with Gasteiger partial charge in [0.05, 0.1) is 12.9 Å². The smallest absolute Gasteiger partial charge is 0.210 e. The van der Waals surface area contributed by atoms with Crippen molar-refractivity contribution in [3.8, 4) is 0 Å². The van der Waals surface area contributed by atoms with Crippen LogP contribution in [-0.2, 0) is 30.4 Å². The standard InChI is InChI=1S/C20H27NO2/c1-3-5-8-15-16-9-6-7-10-18(16)21-19-17(15)12-11-14(20(19)22)13-23-4-2/h13H,3-12H2,1-2H3/b14-13+. The number of rotatable bonds is 5. The van der Waals surface area contributed by atoms with E-state index in [2.05, 4.69) is 6.92 Å². The molecule has 0 bridgehead atoms. The molecule has 0 fully saturated rings.